The molecule has 3 N–H and O–H groups in total. The number of benzene rings is 2. The zero-order chi connectivity index (χ0) is 26.5. The number of nitrogens with one attached hydrogen (secondary N) is 1. The molecule has 0 fully saturated rings. The molecular weight excluding hydrogens is 532 g/mol. The van der Waals surface area contributed by atoms with Gasteiger partial charge in [0, 0.05) is 23.8 Å². The van der Waals surface area contributed by atoms with E-state index in [1.807, 2.05) is 62.4 Å². The zero-order valence-corrected chi connectivity index (χ0v) is 22.1. The number of hydrogen-bond donors (Lipinski definition) is 2. The fourth-order valence-corrected chi connectivity index (χ4v) is 5.00. The fraction of sp³-hybridized carbons (Fsp3) is 0.120. The first-order valence-electron chi connectivity index (χ1n) is 11.0. The van der Waals surface area contributed by atoms with Gasteiger partial charge in [0.2, 0.25) is 5.95 Å². The van der Waals surface area contributed by atoms with Gasteiger partial charge in [0.15, 0.2) is 0 Å². The predicted octanol–water partition coefficient (Wildman–Crippen LogP) is 4.95. The summed E-state index contributed by atoms with van der Waals surface area (Å²) in [4.78, 5) is 27.6. The smallest absolute Gasteiger partial charge is 0.335 e. The van der Waals surface area contributed by atoms with Gasteiger partial charge in [-0.3, -0.25) is 9.36 Å². The molecule has 0 bridgehead atoms. The van der Waals surface area contributed by atoms with Gasteiger partial charge in [-0.2, -0.15) is 13.4 Å². The van der Waals surface area contributed by atoms with Crippen molar-refractivity contribution in [1.82, 2.24) is 19.5 Å². The Bertz CT molecular complexity index is 1670. The molecule has 37 heavy (non-hydrogen) atoms. The van der Waals surface area contributed by atoms with E-state index in [4.69, 9.17) is 25.8 Å². The Kier molecular flexibility index (Phi) is 8.07. The van der Waals surface area contributed by atoms with Gasteiger partial charge in [-0.1, -0.05) is 41.9 Å². The Morgan fingerprint density at radius 3 is 2.49 bits per heavy atom. The van der Waals surface area contributed by atoms with Crippen LogP contribution in [0.3, 0.4) is 0 Å². The number of fused-ring (bicyclic) bond motifs is 1. The summed E-state index contributed by atoms with van der Waals surface area (Å²) >= 11 is 7.22. The summed E-state index contributed by atoms with van der Waals surface area (Å²) in [6, 6.07) is 16.6. The molecule has 3 aromatic heterocycles. The molecule has 12 heteroatoms. The quantitative estimate of drug-likeness (QED) is 0.313. The lowest BCUT2D eigenvalue weighted by Gasteiger charge is -2.22. The zero-order valence-electron chi connectivity index (χ0n) is 19.7. The van der Waals surface area contributed by atoms with Crippen molar-refractivity contribution >= 4 is 57.0 Å². The van der Waals surface area contributed by atoms with Crippen LogP contribution in [0, 0.1) is 6.92 Å². The van der Waals surface area contributed by atoms with E-state index in [9.17, 15) is 4.79 Å². The number of rotatable bonds is 5. The van der Waals surface area contributed by atoms with Crippen molar-refractivity contribution in [2.45, 2.75) is 19.9 Å². The van der Waals surface area contributed by atoms with E-state index in [-0.39, 0.29) is 17.5 Å². The summed E-state index contributed by atoms with van der Waals surface area (Å²) in [5.74, 6) is 0.729. The summed E-state index contributed by atoms with van der Waals surface area (Å²) in [6.07, 6.45) is 3.48. The van der Waals surface area contributed by atoms with Crippen molar-refractivity contribution in [3.63, 3.8) is 0 Å². The van der Waals surface area contributed by atoms with Gasteiger partial charge in [0.05, 0.1) is 31.9 Å². The number of pyridine rings is 1. The molecule has 5 aromatic rings. The lowest BCUT2D eigenvalue weighted by atomic mass is 10.1. The molecule has 188 valence electrons. The van der Waals surface area contributed by atoms with Crippen LogP contribution in [-0.4, -0.2) is 27.9 Å². The number of nitrogens with zero attached hydrogens (tertiary/aromatic N) is 4. The third-order valence-electron chi connectivity index (χ3n) is 5.53. The SMILES string of the molecule is Cc1ncc(-c2cnc(N)nc2N[C@@H](C)c2cc3cccc(Cl)c3c(=O)n2-c2ccccc2)s1.O=S=O. The maximum atomic E-state index is 13.7. The maximum Gasteiger partial charge on any atom is 0.335 e. The highest BCUT2D eigenvalue weighted by atomic mass is 35.5. The van der Waals surface area contributed by atoms with Crippen molar-refractivity contribution in [2.75, 3.05) is 11.1 Å². The van der Waals surface area contributed by atoms with Gasteiger partial charge in [-0.15, -0.1) is 11.3 Å². The third kappa shape index (κ3) is 5.58. The highest BCUT2D eigenvalue weighted by Gasteiger charge is 2.20. The number of para-hydroxylation sites is 1. The summed E-state index contributed by atoms with van der Waals surface area (Å²) in [6.45, 7) is 3.92. The van der Waals surface area contributed by atoms with Crippen LogP contribution in [-0.2, 0) is 11.6 Å². The molecular formula is C25H21ClN6O3S2. The summed E-state index contributed by atoms with van der Waals surface area (Å²) in [5.41, 5.74) is 8.04. The standard InChI is InChI=1S/C25H21ClN6OS.O2S/c1-14(30-23-18(12-29-25(27)31-23)21-13-28-15(2)34-21)20-11-16-7-6-10-19(26)22(16)24(33)32(20)17-8-4-3-5-9-17;1-3-2/h3-14H,1-2H3,(H3,27,29,30,31);/t14-;/m0./s1. The number of nitrogen functional groups attached to an aromatic ring is 1. The topological polar surface area (TPSA) is 133 Å². The minimum atomic E-state index is -0.750. The van der Waals surface area contributed by atoms with Crippen LogP contribution in [0.15, 0.2) is 71.8 Å². The van der Waals surface area contributed by atoms with Gasteiger partial charge in [-0.25, -0.2) is 9.97 Å². The normalized spacial score (nSPS) is 11.4. The van der Waals surface area contributed by atoms with E-state index >= 15 is 0 Å². The minimum absolute atomic E-state index is 0.158. The second-order valence-electron chi connectivity index (χ2n) is 7.92. The lowest BCUT2D eigenvalue weighted by Crippen LogP contribution is -2.26. The van der Waals surface area contributed by atoms with Crippen LogP contribution in [0.2, 0.25) is 5.02 Å². The molecule has 9 nitrogen and oxygen atoms in total. The van der Waals surface area contributed by atoms with Crippen LogP contribution >= 0.6 is 22.9 Å². The van der Waals surface area contributed by atoms with Crippen LogP contribution < -0.4 is 16.6 Å². The largest absolute Gasteiger partial charge is 0.368 e. The number of thiazole rings is 1. The Labute approximate surface area is 224 Å². The molecule has 0 aliphatic heterocycles. The molecule has 0 aliphatic carbocycles. The average molecular weight is 553 g/mol. The van der Waals surface area contributed by atoms with Crippen molar-refractivity contribution in [3.8, 4) is 16.1 Å². The first-order chi connectivity index (χ1) is 17.8. The van der Waals surface area contributed by atoms with Crippen LogP contribution in [0.25, 0.3) is 26.9 Å². The second-order valence-corrected chi connectivity index (χ2v) is 9.70. The summed E-state index contributed by atoms with van der Waals surface area (Å²) < 4.78 is 18.3. The van der Waals surface area contributed by atoms with E-state index in [0.717, 1.165) is 32.2 Å². The molecule has 2 aromatic carbocycles. The molecule has 0 unspecified atom stereocenters. The summed E-state index contributed by atoms with van der Waals surface area (Å²) in [5, 5.41) is 6.06. The van der Waals surface area contributed by atoms with E-state index in [2.05, 4.69) is 20.3 Å². The Balaban J connectivity index is 0.00000102. The average Bonchev–Trinajstić information content (AvgIpc) is 3.31. The fourth-order valence-electron chi connectivity index (χ4n) is 3.95. The van der Waals surface area contributed by atoms with Crippen LogP contribution in [0.4, 0.5) is 11.8 Å². The molecule has 0 radical (unpaired) electrons. The number of hydrogen-bond acceptors (Lipinski definition) is 9. The maximum absolute atomic E-state index is 13.7. The van der Waals surface area contributed by atoms with Gasteiger partial charge in [0.25, 0.3) is 5.56 Å². The van der Waals surface area contributed by atoms with Crippen LogP contribution in [0.1, 0.15) is 23.7 Å². The number of aryl methyl sites for hydroxylation is 1. The number of halogens is 1. The molecule has 5 rings (SSSR count). The van der Waals surface area contributed by atoms with Crippen molar-refractivity contribution in [2.24, 2.45) is 0 Å². The number of anilines is 2. The molecule has 0 spiro atoms. The lowest BCUT2D eigenvalue weighted by molar-refractivity contribution is 0.630. The molecule has 0 amide bonds. The van der Waals surface area contributed by atoms with E-state index in [1.165, 1.54) is 0 Å². The molecule has 0 saturated heterocycles. The Hall–Kier alpha value is -3.93. The first-order valence-corrected chi connectivity index (χ1v) is 12.8. The summed E-state index contributed by atoms with van der Waals surface area (Å²) in [7, 11) is 0. The van der Waals surface area contributed by atoms with Crippen molar-refractivity contribution < 1.29 is 8.42 Å². The van der Waals surface area contributed by atoms with E-state index in [1.54, 1.807) is 34.4 Å². The van der Waals surface area contributed by atoms with Gasteiger partial charge in [-0.05, 0) is 43.5 Å². The molecule has 3 heterocycles. The monoisotopic (exact) mass is 552 g/mol. The van der Waals surface area contributed by atoms with Gasteiger partial charge < -0.3 is 11.1 Å². The van der Waals surface area contributed by atoms with E-state index in [0.29, 0.717) is 16.2 Å². The third-order valence-corrected chi connectivity index (χ3v) is 6.79. The van der Waals surface area contributed by atoms with E-state index < -0.39 is 11.6 Å². The van der Waals surface area contributed by atoms with Crippen molar-refractivity contribution in [3.05, 3.63) is 93.1 Å². The highest BCUT2D eigenvalue weighted by molar-refractivity contribution is 7.51. The number of aromatic nitrogens is 4. The first kappa shape index (κ1) is 26.1. The Morgan fingerprint density at radius 2 is 1.81 bits per heavy atom. The van der Waals surface area contributed by atoms with Crippen molar-refractivity contribution in [1.29, 1.82) is 0 Å². The van der Waals surface area contributed by atoms with Crippen LogP contribution in [0.5, 0.6) is 0 Å². The minimum Gasteiger partial charge on any atom is -0.368 e. The Morgan fingerprint density at radius 1 is 1.08 bits per heavy atom. The van der Waals surface area contributed by atoms with Gasteiger partial charge in [0.1, 0.15) is 5.82 Å². The number of nitrogens with two attached hydrogens (primary N) is 1. The molecule has 0 saturated carbocycles. The highest BCUT2D eigenvalue weighted by Crippen LogP contribution is 2.33. The molecule has 0 aliphatic rings. The van der Waals surface area contributed by atoms with Gasteiger partial charge >= 0.3 is 11.6 Å². The second kappa shape index (κ2) is 11.4. The predicted molar refractivity (Wildman–Crippen MR) is 148 cm³/mol. The molecule has 1 atom stereocenters.